The van der Waals surface area contributed by atoms with Crippen LogP contribution in [-0.2, 0) is 62.2 Å². The van der Waals surface area contributed by atoms with Crippen molar-refractivity contribution in [3.8, 4) is 16.1 Å². The lowest BCUT2D eigenvalue weighted by Gasteiger charge is -2.30. The highest BCUT2D eigenvalue weighted by Gasteiger charge is 2.57. The third-order valence-corrected chi connectivity index (χ3v) is 19.2. The number of ketones is 3. The van der Waals surface area contributed by atoms with Crippen LogP contribution >= 0.6 is 11.3 Å². The van der Waals surface area contributed by atoms with Crippen molar-refractivity contribution in [3.63, 3.8) is 0 Å². The molecule has 7 aromatic rings. The smallest absolute Gasteiger partial charge is 0.251 e. The Bertz CT molecular complexity index is 3860. The van der Waals surface area contributed by atoms with E-state index in [1.165, 1.54) is 36.4 Å². The number of amides is 5. The van der Waals surface area contributed by atoms with Gasteiger partial charge in [0.25, 0.3) is 5.91 Å². The van der Waals surface area contributed by atoms with Crippen LogP contribution in [0.1, 0.15) is 107 Å². The topological polar surface area (TPSA) is 282 Å². The Morgan fingerprint density at radius 3 is 1.58 bits per heavy atom. The summed E-state index contributed by atoms with van der Waals surface area (Å²) in [6.45, 7) is 0.00486. The summed E-state index contributed by atoms with van der Waals surface area (Å²) < 4.78 is 58.3. The zero-order valence-electron chi connectivity index (χ0n) is 50.1. The van der Waals surface area contributed by atoms with Gasteiger partial charge < -0.3 is 51.5 Å². The maximum Gasteiger partial charge on any atom is 0.251 e. The molecule has 0 bridgehead atoms. The highest BCUT2D eigenvalue weighted by atomic mass is 32.1. The number of thiophene rings is 1. The SMILES string of the molecule is NC(=O)c1ccc(-n2ccnc2)cc1C(Cc1ccc(F)cc1)C(=O)NC12CCCC1OCC2=O.NC(Cc1ccc(F)cc1)C(=O)NC12CCCC1OCC2=O.O=C(NC(Cc1ccc(F)cc1)C(=O)NC12CCCC1OCC2=O)c1ccc(-c2cccs2)cc1. The summed E-state index contributed by atoms with van der Waals surface area (Å²) in [6, 6.07) is 31.9. The monoisotopic (exact) mass is 1270 g/mol. The minimum atomic E-state index is -1.06. The van der Waals surface area contributed by atoms with Crippen molar-refractivity contribution in [2.75, 3.05) is 19.8 Å². The molecule has 3 saturated carbocycles. The molecule has 5 heterocycles. The molecule has 92 heavy (non-hydrogen) atoms. The largest absolute Gasteiger partial charge is 0.367 e. The molecule has 478 valence electrons. The van der Waals surface area contributed by atoms with Crippen molar-refractivity contribution in [2.24, 2.45) is 11.5 Å². The summed E-state index contributed by atoms with van der Waals surface area (Å²) in [4.78, 5) is 108. The van der Waals surface area contributed by atoms with Crippen molar-refractivity contribution >= 4 is 58.2 Å². The van der Waals surface area contributed by atoms with Gasteiger partial charge in [-0.1, -0.05) is 54.6 Å². The second-order valence-electron chi connectivity index (χ2n) is 24.1. The molecule has 9 unspecified atom stereocenters. The van der Waals surface area contributed by atoms with E-state index in [-0.39, 0.29) is 91.4 Å². The van der Waals surface area contributed by atoms with Crippen LogP contribution in [0.25, 0.3) is 16.1 Å². The first kappa shape index (κ1) is 64.5. The molecule has 23 heteroatoms. The molecule has 3 aliphatic heterocycles. The number of primary amides is 1. The van der Waals surface area contributed by atoms with Gasteiger partial charge in [-0.05, 0) is 177 Å². The van der Waals surface area contributed by atoms with E-state index in [1.54, 1.807) is 101 Å². The third kappa shape index (κ3) is 13.9. The van der Waals surface area contributed by atoms with Gasteiger partial charge in [0.2, 0.25) is 23.6 Å². The number of hydrogen-bond acceptors (Lipinski definition) is 14. The van der Waals surface area contributed by atoms with Crippen molar-refractivity contribution in [3.05, 3.63) is 202 Å². The van der Waals surface area contributed by atoms with Gasteiger partial charge in [0, 0.05) is 40.5 Å². The zero-order valence-corrected chi connectivity index (χ0v) is 50.9. The molecule has 13 rings (SSSR count). The number of benzene rings is 5. The van der Waals surface area contributed by atoms with Gasteiger partial charge in [-0.3, -0.25) is 38.4 Å². The molecule has 6 aliphatic rings. The van der Waals surface area contributed by atoms with Crippen LogP contribution in [0.2, 0.25) is 0 Å². The fraction of sp³-hybridized carbons (Fsp3) is 0.348. The van der Waals surface area contributed by atoms with E-state index < -0.39 is 64.1 Å². The van der Waals surface area contributed by atoms with Crippen molar-refractivity contribution in [2.45, 2.75) is 130 Å². The first-order valence-electron chi connectivity index (χ1n) is 30.6. The summed E-state index contributed by atoms with van der Waals surface area (Å²) >= 11 is 1.61. The average molecular weight is 1280 g/mol. The maximum absolute atomic E-state index is 13.9. The number of ether oxygens (including phenoxy) is 3. The van der Waals surface area contributed by atoms with Crippen LogP contribution in [-0.4, -0.2) is 123 Å². The minimum absolute atomic E-state index is 0.0173. The van der Waals surface area contributed by atoms with Gasteiger partial charge in [-0.2, -0.15) is 0 Å². The van der Waals surface area contributed by atoms with Gasteiger partial charge in [0.05, 0.1) is 36.6 Å². The molecule has 0 spiro atoms. The Labute approximate surface area is 532 Å². The highest BCUT2D eigenvalue weighted by Crippen LogP contribution is 2.41. The number of nitrogens with two attached hydrogens (primary N) is 2. The second kappa shape index (κ2) is 27.8. The van der Waals surface area contributed by atoms with Crippen LogP contribution in [0, 0.1) is 17.5 Å². The summed E-state index contributed by atoms with van der Waals surface area (Å²) in [5, 5.41) is 13.5. The van der Waals surface area contributed by atoms with Crippen LogP contribution in [0.3, 0.4) is 0 Å². The standard InChI is InChI=1S/C27H25FN2O4S.C26H25FN4O4.C16H19FN2O3/c28-20-11-5-17(6-12-20)15-21(26(33)30-27-13-1-4-24(27)34-16-23(27)31)29-25(32)19-9-7-18(8-10-19)22-3-2-14-35-22;27-17-5-3-16(4-6-17)12-21(25(34)30-26-9-1-2-23(26)35-14-22(26)32)20-13-18(31-11-10-29-15-31)7-8-19(20)24(28)33;17-11-5-3-10(4-6-11)8-12(18)15(21)19-16-7-1-2-14(16)22-9-13(16)20/h2-3,5-12,14,21,24H,1,4,13,15-16H2,(H,29,32)(H,30,33);3-8,10-11,13,15,21,23H,1-2,9,12,14H2,(H2,28,33)(H,30,34);3-6,12,14H,1-2,7-9,18H2,(H,19,21). The van der Waals surface area contributed by atoms with Crippen molar-refractivity contribution < 1.29 is 65.7 Å². The lowest BCUT2D eigenvalue weighted by Crippen LogP contribution is -2.60. The predicted molar refractivity (Wildman–Crippen MR) is 333 cm³/mol. The third-order valence-electron chi connectivity index (χ3n) is 18.3. The van der Waals surface area contributed by atoms with Gasteiger partial charge in [0.15, 0.2) is 17.3 Å². The Morgan fingerprint density at radius 1 is 0.609 bits per heavy atom. The number of imidazole rings is 1. The minimum Gasteiger partial charge on any atom is -0.367 e. The summed E-state index contributed by atoms with van der Waals surface area (Å²) in [7, 11) is 0. The first-order valence-corrected chi connectivity index (χ1v) is 31.5. The average Bonchev–Trinajstić information content (AvgIpc) is 1.61. The van der Waals surface area contributed by atoms with E-state index in [0.717, 1.165) is 41.7 Å². The highest BCUT2D eigenvalue weighted by molar-refractivity contribution is 7.13. The molecule has 9 atom stereocenters. The van der Waals surface area contributed by atoms with Gasteiger partial charge in [-0.25, -0.2) is 18.2 Å². The molecular formula is C69H69F3N8O11S. The lowest BCUT2D eigenvalue weighted by molar-refractivity contribution is -0.131. The van der Waals surface area contributed by atoms with E-state index >= 15 is 0 Å². The Morgan fingerprint density at radius 2 is 1.10 bits per heavy atom. The number of rotatable bonds is 18. The van der Waals surface area contributed by atoms with E-state index in [2.05, 4.69) is 26.3 Å². The zero-order chi connectivity index (χ0) is 64.7. The molecule has 2 aromatic heterocycles. The number of hydrogen-bond donors (Lipinski definition) is 6. The molecule has 5 amide bonds. The van der Waals surface area contributed by atoms with Gasteiger partial charge in [0.1, 0.15) is 59.9 Å². The number of fused-ring (bicyclic) bond motifs is 3. The normalized spacial score (nSPS) is 23.6. The van der Waals surface area contributed by atoms with Crippen molar-refractivity contribution in [1.29, 1.82) is 0 Å². The molecule has 19 nitrogen and oxygen atoms in total. The Hall–Kier alpha value is -9.00. The van der Waals surface area contributed by atoms with E-state index in [1.807, 2.05) is 29.6 Å². The van der Waals surface area contributed by atoms with E-state index in [9.17, 15) is 51.5 Å². The van der Waals surface area contributed by atoms with Crippen LogP contribution in [0.5, 0.6) is 0 Å². The first-order chi connectivity index (χ1) is 44.3. The van der Waals surface area contributed by atoms with Gasteiger partial charge >= 0.3 is 0 Å². The molecule has 0 radical (unpaired) electrons. The lowest BCUT2D eigenvalue weighted by atomic mass is 9.85. The summed E-state index contributed by atoms with van der Waals surface area (Å²) in [6.07, 6.45) is 10.9. The Kier molecular flexibility index (Phi) is 19.5. The molecule has 3 aliphatic carbocycles. The fourth-order valence-electron chi connectivity index (χ4n) is 13.4. The maximum atomic E-state index is 13.9. The number of carbonyl (C=O) groups excluding carboxylic acids is 8. The number of halogens is 3. The number of Topliss-reactive ketones (excluding diaryl/α,β-unsaturated/α-hetero) is 3. The van der Waals surface area contributed by atoms with Crippen LogP contribution in [0.4, 0.5) is 13.2 Å². The number of aromatic nitrogens is 2. The summed E-state index contributed by atoms with van der Waals surface area (Å²) in [5.74, 6) is -4.63. The van der Waals surface area contributed by atoms with E-state index in [0.29, 0.717) is 66.5 Å². The predicted octanol–water partition coefficient (Wildman–Crippen LogP) is 7.05. The Balaban J connectivity index is 0.000000145. The molecule has 8 N–H and O–H groups in total. The number of nitrogens with one attached hydrogen (secondary N) is 4. The fourth-order valence-corrected chi connectivity index (χ4v) is 14.1. The molecule has 6 fully saturated rings. The molecule has 3 saturated heterocycles. The molecular weight excluding hydrogens is 1210 g/mol. The van der Waals surface area contributed by atoms with Crippen LogP contribution in [0.15, 0.2) is 151 Å². The molecule has 5 aromatic carbocycles. The van der Waals surface area contributed by atoms with Gasteiger partial charge in [-0.15, -0.1) is 11.3 Å². The van der Waals surface area contributed by atoms with E-state index in [4.69, 9.17) is 25.7 Å². The van der Waals surface area contributed by atoms with Crippen molar-refractivity contribution in [1.82, 2.24) is 30.8 Å². The summed E-state index contributed by atoms with van der Waals surface area (Å²) in [5.41, 5.74) is 13.5. The van der Waals surface area contributed by atoms with Crippen LogP contribution < -0.4 is 32.7 Å². The number of nitrogens with zero attached hydrogens (tertiary/aromatic N) is 2. The quantitative estimate of drug-likeness (QED) is 0.0503. The second-order valence-corrected chi connectivity index (χ2v) is 25.0. The number of carbonyl (C=O) groups is 8.